The molecule has 0 saturated heterocycles. The Morgan fingerprint density at radius 1 is 0.311 bits per heavy atom. The molecule has 2 aliphatic heterocycles. The lowest BCUT2D eigenvalue weighted by molar-refractivity contribution is 0.572. The summed E-state index contributed by atoms with van der Waals surface area (Å²) in [5.74, 6) is 0. The molecule has 0 N–H and O–H groups in total. The van der Waals surface area contributed by atoms with E-state index in [9.17, 15) is 0 Å². The third-order valence-corrected chi connectivity index (χ3v) is 18.5. The number of rotatable bonds is 10. The minimum Gasteiger partial charge on any atom is -0.471 e. The van der Waals surface area contributed by atoms with Gasteiger partial charge in [-0.05, 0) is 187 Å². The maximum absolute atomic E-state index is 6.00. The zero-order valence-electron chi connectivity index (χ0n) is 54.1. The highest BCUT2D eigenvalue weighted by Gasteiger charge is 2.45. The van der Waals surface area contributed by atoms with Gasteiger partial charge in [-0.15, -0.1) is 0 Å². The lowest BCUT2D eigenvalue weighted by Gasteiger charge is -2.45. The second-order valence-corrected chi connectivity index (χ2v) is 28.8. The predicted molar refractivity (Wildman–Crippen MR) is 385 cm³/mol. The monoisotopic (exact) mass is 1170 g/mol. The van der Waals surface area contributed by atoms with Crippen molar-refractivity contribution in [1.82, 2.24) is 0 Å². The average Bonchev–Trinajstić information content (AvgIpc) is 0.823. The molecule has 1 aromatic heterocycles. The predicted octanol–water partition coefficient (Wildman–Crippen LogP) is 22.0. The summed E-state index contributed by atoms with van der Waals surface area (Å²) >= 11 is 0. The van der Waals surface area contributed by atoms with Gasteiger partial charge in [-0.1, -0.05) is 217 Å². The van der Waals surface area contributed by atoms with Crippen LogP contribution in [-0.2, 0) is 21.7 Å². The van der Waals surface area contributed by atoms with Crippen molar-refractivity contribution in [3.8, 4) is 22.3 Å². The van der Waals surface area contributed by atoms with Crippen LogP contribution in [0.5, 0.6) is 0 Å². The maximum atomic E-state index is 6.00. The van der Waals surface area contributed by atoms with E-state index in [2.05, 4.69) is 351 Å². The van der Waals surface area contributed by atoms with Crippen LogP contribution >= 0.6 is 0 Å². The van der Waals surface area contributed by atoms with Gasteiger partial charge in [0, 0.05) is 78.8 Å². The fourth-order valence-corrected chi connectivity index (χ4v) is 13.5. The highest BCUT2D eigenvalue weighted by atomic mass is 16.3. The first-order chi connectivity index (χ1) is 43.2. The highest BCUT2D eigenvalue weighted by Crippen LogP contribution is 2.51. The van der Waals surface area contributed by atoms with Gasteiger partial charge in [0.1, 0.15) is 0 Å². The van der Waals surface area contributed by atoms with E-state index >= 15 is 0 Å². The summed E-state index contributed by atoms with van der Waals surface area (Å²) in [6, 6.07) is 93.4. The Kier molecular flexibility index (Phi) is 14.2. The Bertz CT molecular complexity index is 4620. The standard InChI is InChI=1S/C84H79BN4O/c1-81(2,3)60-33-37-66(38-34-60)86(74-45-35-61(82(4,5)6)49-70(74)56-25-17-13-18-26-56)67-39-41-68(42-40-67)87(75-46-36-62(83(7,8)9)50-71(75)57-27-19-14-20-28-57)69-43-44-72-77(53-69)89(65-31-23-16-24-32-65)79-52-63(84(10,11)12)51-78-80(79)85(72)73-47-58-54-90-55-59(58)48-76(73)88(78)64-29-21-15-22-30-64/h13-55H,1-12H3. The molecule has 0 spiro atoms. The van der Waals surface area contributed by atoms with Crippen molar-refractivity contribution in [1.29, 1.82) is 0 Å². The summed E-state index contributed by atoms with van der Waals surface area (Å²) < 4.78 is 6.00. The van der Waals surface area contributed by atoms with Gasteiger partial charge in [0.15, 0.2) is 0 Å². The number of fused-ring (bicyclic) bond motifs is 5. The molecule has 90 heavy (non-hydrogen) atoms. The van der Waals surface area contributed by atoms with E-state index in [0.717, 1.165) is 78.8 Å². The molecule has 0 saturated carbocycles. The fraction of sp³-hybridized carbons (Fsp3) is 0.190. The van der Waals surface area contributed by atoms with Gasteiger partial charge in [-0.2, -0.15) is 0 Å². The Hall–Kier alpha value is -9.78. The van der Waals surface area contributed by atoms with Crippen molar-refractivity contribution < 1.29 is 4.42 Å². The summed E-state index contributed by atoms with van der Waals surface area (Å²) in [4.78, 5) is 10.0. The molecule has 5 nitrogen and oxygen atoms in total. The lowest BCUT2D eigenvalue weighted by Crippen LogP contribution is -2.61. The average molecular weight is 1170 g/mol. The second-order valence-electron chi connectivity index (χ2n) is 28.8. The molecule has 0 aliphatic carbocycles. The minimum atomic E-state index is -0.177. The van der Waals surface area contributed by atoms with Crippen LogP contribution in [0, 0.1) is 0 Å². The van der Waals surface area contributed by atoms with Crippen molar-refractivity contribution >= 4 is 102 Å². The highest BCUT2D eigenvalue weighted by molar-refractivity contribution is 7.00. The Morgan fingerprint density at radius 2 is 0.689 bits per heavy atom. The van der Waals surface area contributed by atoms with Crippen LogP contribution in [0.25, 0.3) is 33.0 Å². The largest absolute Gasteiger partial charge is 0.471 e. The quantitative estimate of drug-likeness (QED) is 0.127. The molecule has 3 heterocycles. The first-order valence-corrected chi connectivity index (χ1v) is 31.9. The zero-order chi connectivity index (χ0) is 62.4. The number of nitrogens with zero attached hydrogens (tertiary/aromatic N) is 4. The molecule has 2 aliphatic rings. The van der Waals surface area contributed by atoms with E-state index in [1.54, 1.807) is 0 Å². The number of hydrogen-bond acceptors (Lipinski definition) is 5. The maximum Gasteiger partial charge on any atom is 0.252 e. The summed E-state index contributed by atoms with van der Waals surface area (Å²) in [5, 5.41) is 2.16. The van der Waals surface area contributed by atoms with Gasteiger partial charge in [-0.3, -0.25) is 0 Å². The molecule has 0 atom stereocenters. The van der Waals surface area contributed by atoms with E-state index in [1.165, 1.54) is 61.1 Å². The van der Waals surface area contributed by atoms with Crippen molar-refractivity contribution in [3.63, 3.8) is 0 Å². The lowest BCUT2D eigenvalue weighted by atomic mass is 9.33. The Labute approximate surface area is 533 Å². The molecule has 11 aromatic carbocycles. The summed E-state index contributed by atoms with van der Waals surface area (Å²) in [7, 11) is 0. The van der Waals surface area contributed by atoms with Crippen molar-refractivity contribution in [2.24, 2.45) is 0 Å². The number of furan rings is 1. The number of anilines is 12. The molecule has 14 rings (SSSR count). The third kappa shape index (κ3) is 10.5. The van der Waals surface area contributed by atoms with Gasteiger partial charge in [0.25, 0.3) is 6.71 Å². The van der Waals surface area contributed by atoms with Gasteiger partial charge in [-0.25, -0.2) is 0 Å². The van der Waals surface area contributed by atoms with E-state index in [4.69, 9.17) is 4.42 Å². The van der Waals surface area contributed by atoms with Crippen LogP contribution in [0.4, 0.5) is 68.2 Å². The molecule has 0 fully saturated rings. The normalized spacial score (nSPS) is 13.0. The smallest absolute Gasteiger partial charge is 0.252 e. The molecule has 12 aromatic rings. The van der Waals surface area contributed by atoms with Gasteiger partial charge in [0.2, 0.25) is 0 Å². The first-order valence-electron chi connectivity index (χ1n) is 31.9. The molecule has 0 amide bonds. The molecular weight excluding hydrogens is 1090 g/mol. The van der Waals surface area contributed by atoms with Crippen molar-refractivity contribution in [2.75, 3.05) is 19.6 Å². The van der Waals surface area contributed by atoms with Crippen LogP contribution < -0.4 is 36.0 Å². The van der Waals surface area contributed by atoms with Crippen LogP contribution in [0.3, 0.4) is 0 Å². The molecule has 0 bridgehead atoms. The SMILES string of the molecule is CC(C)(C)c1ccc(N(c2ccc(N(c3ccc4c(c3)N(c3ccccc3)c3cc(C(C)(C)C)cc5c3B4c3cc4cocc4cc3N5c3ccccc3)c3ccc(C(C)(C)C)cc3-c3ccccc3)cc2)c2ccc(C(C)(C)C)cc2-c2ccccc2)cc1. The summed E-state index contributed by atoms with van der Waals surface area (Å²) in [6.07, 6.45) is 3.78. The third-order valence-electron chi connectivity index (χ3n) is 18.5. The number of benzene rings is 11. The van der Waals surface area contributed by atoms with E-state index in [0.29, 0.717) is 0 Å². The molecular formula is C84H79BN4O. The summed E-state index contributed by atoms with van der Waals surface area (Å²) in [5.41, 5.74) is 26.5. The Morgan fingerprint density at radius 3 is 1.13 bits per heavy atom. The summed E-state index contributed by atoms with van der Waals surface area (Å²) in [6.45, 7) is 27.6. The van der Waals surface area contributed by atoms with Gasteiger partial charge in [0.05, 0.1) is 23.9 Å². The van der Waals surface area contributed by atoms with Crippen LogP contribution in [0.1, 0.15) is 105 Å². The topological polar surface area (TPSA) is 26.1 Å². The van der Waals surface area contributed by atoms with Crippen molar-refractivity contribution in [2.45, 2.75) is 105 Å². The molecule has 0 radical (unpaired) electrons. The second kappa shape index (κ2) is 22.1. The molecule has 6 heteroatoms. The zero-order valence-corrected chi connectivity index (χ0v) is 54.1. The van der Waals surface area contributed by atoms with Crippen LogP contribution in [-0.4, -0.2) is 6.71 Å². The van der Waals surface area contributed by atoms with E-state index in [-0.39, 0.29) is 28.4 Å². The molecule has 444 valence electrons. The molecule has 0 unspecified atom stereocenters. The van der Waals surface area contributed by atoms with Gasteiger partial charge < -0.3 is 24.0 Å². The van der Waals surface area contributed by atoms with Crippen LogP contribution in [0.2, 0.25) is 0 Å². The first kappa shape index (κ1) is 57.9. The van der Waals surface area contributed by atoms with E-state index < -0.39 is 0 Å². The minimum absolute atomic E-state index is 0.00426. The number of hydrogen-bond donors (Lipinski definition) is 0. The van der Waals surface area contributed by atoms with Crippen LogP contribution in [0.15, 0.2) is 266 Å². The number of para-hydroxylation sites is 2. The van der Waals surface area contributed by atoms with Crippen molar-refractivity contribution in [3.05, 3.63) is 284 Å². The van der Waals surface area contributed by atoms with Gasteiger partial charge >= 0.3 is 0 Å². The fourth-order valence-electron chi connectivity index (χ4n) is 13.5. The van der Waals surface area contributed by atoms with E-state index in [1.807, 2.05) is 12.5 Å². The Balaban J connectivity index is 1.02.